The molecule has 1 amide bonds. The molecule has 0 radical (unpaired) electrons. The van der Waals surface area contributed by atoms with Gasteiger partial charge < -0.3 is 14.8 Å². The first kappa shape index (κ1) is 28.7. The van der Waals surface area contributed by atoms with Gasteiger partial charge in [0.1, 0.15) is 17.5 Å². The zero-order chi connectivity index (χ0) is 27.9. The number of pyridine rings is 1. The Morgan fingerprint density at radius 3 is 2.13 bits per heavy atom. The summed E-state index contributed by atoms with van der Waals surface area (Å²) >= 11 is 0. The van der Waals surface area contributed by atoms with E-state index in [0.717, 1.165) is 17.7 Å². The molecule has 0 saturated carbocycles. The van der Waals surface area contributed by atoms with Gasteiger partial charge in [0, 0.05) is 29.4 Å². The van der Waals surface area contributed by atoms with E-state index >= 15 is 0 Å². The number of aromatic nitrogens is 1. The lowest BCUT2D eigenvalue weighted by atomic mass is 10.1. The van der Waals surface area contributed by atoms with Gasteiger partial charge in [-0.1, -0.05) is 25.1 Å². The number of nitrogens with one attached hydrogen (secondary N) is 1. The molecule has 0 bridgehead atoms. The third kappa shape index (κ3) is 8.33. The predicted octanol–water partition coefficient (Wildman–Crippen LogP) is 6.76. The molecule has 202 valence electrons. The Labute approximate surface area is 220 Å². The summed E-state index contributed by atoms with van der Waals surface area (Å²) < 4.78 is 49.7. The van der Waals surface area contributed by atoms with E-state index in [-0.39, 0.29) is 30.9 Å². The van der Waals surface area contributed by atoms with E-state index in [1.54, 1.807) is 57.3 Å². The first-order valence-electron chi connectivity index (χ1n) is 12.3. The summed E-state index contributed by atoms with van der Waals surface area (Å²) in [6, 6.07) is 15.1. The van der Waals surface area contributed by atoms with Gasteiger partial charge >= 0.3 is 12.1 Å². The Balaban J connectivity index is 1.57. The lowest BCUT2D eigenvalue weighted by molar-refractivity contribution is -0.154. The Bertz CT molecular complexity index is 1220. The number of benzene rings is 2. The SMILES string of the molecule is CC[C@@H](Oc1ccc(C(=O)NCCC(=O)OC(C)(C)C)cc1)c1ccc(-c2ccc(C(F)(F)F)cc2)nc1. The fourth-order valence-corrected chi connectivity index (χ4v) is 3.61. The van der Waals surface area contributed by atoms with Crippen molar-refractivity contribution in [3.8, 4) is 17.0 Å². The molecule has 1 aromatic heterocycles. The first-order chi connectivity index (χ1) is 17.9. The third-order valence-electron chi connectivity index (χ3n) is 5.47. The maximum Gasteiger partial charge on any atom is 0.416 e. The van der Waals surface area contributed by atoms with Gasteiger partial charge in [-0.2, -0.15) is 13.2 Å². The smallest absolute Gasteiger partial charge is 0.416 e. The van der Waals surface area contributed by atoms with Crippen molar-refractivity contribution in [2.24, 2.45) is 0 Å². The zero-order valence-electron chi connectivity index (χ0n) is 21.8. The van der Waals surface area contributed by atoms with E-state index < -0.39 is 17.3 Å². The zero-order valence-corrected chi connectivity index (χ0v) is 21.8. The Hall–Kier alpha value is -3.88. The molecule has 3 rings (SSSR count). The number of ether oxygens (including phenoxy) is 2. The number of carbonyl (C=O) groups is 2. The molecule has 0 spiro atoms. The van der Waals surface area contributed by atoms with Gasteiger partial charge in [-0.05, 0) is 69.7 Å². The summed E-state index contributed by atoms with van der Waals surface area (Å²) in [7, 11) is 0. The maximum atomic E-state index is 12.8. The molecule has 38 heavy (non-hydrogen) atoms. The van der Waals surface area contributed by atoms with Gasteiger partial charge in [0.15, 0.2) is 0 Å². The minimum atomic E-state index is -4.38. The number of hydrogen-bond acceptors (Lipinski definition) is 5. The highest BCUT2D eigenvalue weighted by molar-refractivity contribution is 5.94. The number of esters is 1. The van der Waals surface area contributed by atoms with Crippen molar-refractivity contribution in [3.63, 3.8) is 0 Å². The summed E-state index contributed by atoms with van der Waals surface area (Å²) in [6.07, 6.45) is -2.32. The first-order valence-corrected chi connectivity index (χ1v) is 12.3. The van der Waals surface area contributed by atoms with Crippen LogP contribution in [0.4, 0.5) is 13.2 Å². The van der Waals surface area contributed by atoms with Crippen molar-refractivity contribution in [3.05, 3.63) is 83.6 Å². The van der Waals surface area contributed by atoms with Crippen LogP contribution in [0.1, 0.15) is 68.1 Å². The lowest BCUT2D eigenvalue weighted by Gasteiger charge is -2.19. The van der Waals surface area contributed by atoms with E-state index in [1.807, 2.05) is 13.0 Å². The molecule has 0 fully saturated rings. The second kappa shape index (κ2) is 12.1. The Kier molecular flexibility index (Phi) is 9.14. The Morgan fingerprint density at radius 2 is 1.61 bits per heavy atom. The van der Waals surface area contributed by atoms with Crippen molar-refractivity contribution in [2.45, 2.75) is 58.4 Å². The molecular weight excluding hydrogens is 497 g/mol. The normalized spacial score (nSPS) is 12.5. The van der Waals surface area contributed by atoms with Crippen LogP contribution in [-0.2, 0) is 15.7 Å². The number of halogens is 3. The van der Waals surface area contributed by atoms with Gasteiger partial charge in [0.25, 0.3) is 5.91 Å². The van der Waals surface area contributed by atoms with Crippen molar-refractivity contribution in [2.75, 3.05) is 6.54 Å². The molecule has 6 nitrogen and oxygen atoms in total. The summed E-state index contributed by atoms with van der Waals surface area (Å²) in [5.41, 5.74) is 1.10. The highest BCUT2D eigenvalue weighted by Crippen LogP contribution is 2.31. The quantitative estimate of drug-likeness (QED) is 0.311. The van der Waals surface area contributed by atoms with Crippen molar-refractivity contribution in [1.82, 2.24) is 10.3 Å². The topological polar surface area (TPSA) is 77.5 Å². The van der Waals surface area contributed by atoms with Gasteiger partial charge in [-0.25, -0.2) is 0 Å². The highest BCUT2D eigenvalue weighted by Gasteiger charge is 2.30. The molecule has 0 saturated heterocycles. The molecular formula is C29H31F3N2O4. The van der Waals surface area contributed by atoms with E-state index in [2.05, 4.69) is 10.3 Å². The van der Waals surface area contributed by atoms with Gasteiger partial charge in [0.05, 0.1) is 17.7 Å². The second-order valence-corrected chi connectivity index (χ2v) is 9.68. The number of amides is 1. The third-order valence-corrected chi connectivity index (χ3v) is 5.47. The molecule has 0 aliphatic carbocycles. The average Bonchev–Trinajstić information content (AvgIpc) is 2.86. The van der Waals surface area contributed by atoms with Gasteiger partial charge in [-0.15, -0.1) is 0 Å². The summed E-state index contributed by atoms with van der Waals surface area (Å²) in [4.78, 5) is 28.5. The van der Waals surface area contributed by atoms with Crippen LogP contribution in [0.15, 0.2) is 66.9 Å². The molecule has 1 heterocycles. The van der Waals surface area contributed by atoms with Crippen LogP contribution in [0.25, 0.3) is 11.3 Å². The van der Waals surface area contributed by atoms with Crippen LogP contribution in [0, 0.1) is 0 Å². The van der Waals surface area contributed by atoms with Crippen LogP contribution in [0.3, 0.4) is 0 Å². The minimum Gasteiger partial charge on any atom is -0.486 e. The molecule has 9 heteroatoms. The Morgan fingerprint density at radius 1 is 0.947 bits per heavy atom. The van der Waals surface area contributed by atoms with Gasteiger partial charge in [-0.3, -0.25) is 14.6 Å². The molecule has 1 atom stereocenters. The average molecular weight is 529 g/mol. The summed E-state index contributed by atoms with van der Waals surface area (Å²) in [5.74, 6) is -0.127. The van der Waals surface area contributed by atoms with Crippen LogP contribution >= 0.6 is 0 Å². The maximum absolute atomic E-state index is 12.8. The molecule has 1 N–H and O–H groups in total. The standard InChI is InChI=1S/C29H31F3N2O4/c1-5-25(21-10-15-24(34-18-21)19-6-11-22(12-7-19)29(30,31)32)37-23-13-8-20(9-14-23)27(36)33-17-16-26(35)38-28(2,3)4/h6-15,18,25H,5,16-17H2,1-4H3,(H,33,36)/t25-/m1/s1. The fourth-order valence-electron chi connectivity index (χ4n) is 3.61. The van der Waals surface area contributed by atoms with Crippen molar-refractivity contribution in [1.29, 1.82) is 0 Å². The minimum absolute atomic E-state index is 0.0775. The molecule has 3 aromatic rings. The van der Waals surface area contributed by atoms with E-state index in [1.165, 1.54) is 12.1 Å². The second-order valence-electron chi connectivity index (χ2n) is 9.68. The molecule has 2 aromatic carbocycles. The molecule has 0 aliphatic rings. The van der Waals surface area contributed by atoms with Crippen LogP contribution in [-0.4, -0.2) is 29.0 Å². The largest absolute Gasteiger partial charge is 0.486 e. The number of rotatable bonds is 9. The summed E-state index contributed by atoms with van der Waals surface area (Å²) in [6.45, 7) is 7.47. The molecule has 0 unspecified atom stereocenters. The number of carbonyl (C=O) groups excluding carboxylic acids is 2. The van der Waals surface area contributed by atoms with E-state index in [4.69, 9.17) is 9.47 Å². The fraction of sp³-hybridized carbons (Fsp3) is 0.345. The monoisotopic (exact) mass is 528 g/mol. The van der Waals surface area contributed by atoms with E-state index in [9.17, 15) is 22.8 Å². The predicted molar refractivity (Wildman–Crippen MR) is 138 cm³/mol. The highest BCUT2D eigenvalue weighted by atomic mass is 19.4. The number of nitrogens with zero attached hydrogens (tertiary/aromatic N) is 1. The van der Waals surface area contributed by atoms with Crippen LogP contribution in [0.5, 0.6) is 5.75 Å². The molecule has 0 aliphatic heterocycles. The number of hydrogen-bond donors (Lipinski definition) is 1. The van der Waals surface area contributed by atoms with Crippen LogP contribution in [0.2, 0.25) is 0 Å². The van der Waals surface area contributed by atoms with Gasteiger partial charge in [0.2, 0.25) is 0 Å². The van der Waals surface area contributed by atoms with Crippen molar-refractivity contribution < 1.29 is 32.2 Å². The number of alkyl halides is 3. The van der Waals surface area contributed by atoms with Crippen molar-refractivity contribution >= 4 is 11.9 Å². The summed E-state index contributed by atoms with van der Waals surface area (Å²) in [5, 5.41) is 2.70. The van der Waals surface area contributed by atoms with E-state index in [0.29, 0.717) is 29.0 Å². The lowest BCUT2D eigenvalue weighted by Crippen LogP contribution is -2.29. The van der Waals surface area contributed by atoms with Crippen LogP contribution < -0.4 is 10.1 Å².